The lowest BCUT2D eigenvalue weighted by molar-refractivity contribution is -0.107. The van der Waals surface area contributed by atoms with Gasteiger partial charge in [-0.25, -0.2) is 0 Å². The summed E-state index contributed by atoms with van der Waals surface area (Å²) in [6.45, 7) is 7.07. The van der Waals surface area contributed by atoms with Crippen molar-refractivity contribution in [3.05, 3.63) is 0 Å². The molecule has 0 rings (SSSR count). The molecule has 3 nitrogen and oxygen atoms in total. The van der Waals surface area contributed by atoms with Gasteiger partial charge in [-0.1, -0.05) is 45.4 Å². The molecule has 1 atom stereocenters. The first-order valence-electron chi connectivity index (χ1n) is 7.35. The summed E-state index contributed by atoms with van der Waals surface area (Å²) in [5, 5.41) is 9.83. The van der Waals surface area contributed by atoms with Crippen LogP contribution in [0, 0.1) is 0 Å². The molecule has 0 saturated heterocycles. The lowest BCUT2D eigenvalue weighted by atomic mass is 10.0. The van der Waals surface area contributed by atoms with Gasteiger partial charge in [0.15, 0.2) is 0 Å². The standard InChI is InChI=1S/C15H32O3/c1-5-6-7-8-9-10-11-12-18-13-14(16)15(2,3)17-4/h14,16H,5-13H2,1-4H3. The van der Waals surface area contributed by atoms with Gasteiger partial charge in [-0.3, -0.25) is 0 Å². The van der Waals surface area contributed by atoms with Crippen LogP contribution in [0.25, 0.3) is 0 Å². The fourth-order valence-corrected chi connectivity index (χ4v) is 1.69. The van der Waals surface area contributed by atoms with Crippen LogP contribution in [0.5, 0.6) is 0 Å². The largest absolute Gasteiger partial charge is 0.388 e. The molecular weight excluding hydrogens is 228 g/mol. The van der Waals surface area contributed by atoms with Crippen molar-refractivity contribution in [2.75, 3.05) is 20.3 Å². The lowest BCUT2D eigenvalue weighted by Gasteiger charge is -2.28. The number of hydrogen-bond donors (Lipinski definition) is 1. The molecule has 1 N–H and O–H groups in total. The van der Waals surface area contributed by atoms with E-state index in [-0.39, 0.29) is 0 Å². The third kappa shape index (κ3) is 8.90. The fraction of sp³-hybridized carbons (Fsp3) is 1.00. The predicted octanol–water partition coefficient (Wildman–Crippen LogP) is 3.54. The topological polar surface area (TPSA) is 38.7 Å². The number of ether oxygens (including phenoxy) is 2. The number of unbranched alkanes of at least 4 members (excludes halogenated alkanes) is 6. The molecule has 0 aromatic carbocycles. The molecule has 0 aliphatic heterocycles. The van der Waals surface area contributed by atoms with Gasteiger partial charge in [-0.15, -0.1) is 0 Å². The molecule has 0 heterocycles. The first-order chi connectivity index (χ1) is 8.54. The van der Waals surface area contributed by atoms with Crippen molar-refractivity contribution in [2.45, 2.75) is 77.4 Å². The molecule has 0 aliphatic carbocycles. The highest BCUT2D eigenvalue weighted by Crippen LogP contribution is 2.14. The maximum absolute atomic E-state index is 9.83. The van der Waals surface area contributed by atoms with Crippen molar-refractivity contribution in [3.63, 3.8) is 0 Å². The molecule has 110 valence electrons. The smallest absolute Gasteiger partial charge is 0.106 e. The summed E-state index contributed by atoms with van der Waals surface area (Å²) in [7, 11) is 1.61. The maximum atomic E-state index is 9.83. The molecule has 0 amide bonds. The Kier molecular flexibility index (Phi) is 10.7. The summed E-state index contributed by atoms with van der Waals surface area (Å²) < 4.78 is 10.7. The van der Waals surface area contributed by atoms with Gasteiger partial charge in [0, 0.05) is 13.7 Å². The Labute approximate surface area is 113 Å². The van der Waals surface area contributed by atoms with Crippen molar-refractivity contribution < 1.29 is 14.6 Å². The van der Waals surface area contributed by atoms with Gasteiger partial charge in [0.05, 0.1) is 12.2 Å². The van der Waals surface area contributed by atoms with Gasteiger partial charge in [-0.05, 0) is 20.3 Å². The zero-order valence-corrected chi connectivity index (χ0v) is 12.7. The van der Waals surface area contributed by atoms with Gasteiger partial charge < -0.3 is 14.6 Å². The summed E-state index contributed by atoms with van der Waals surface area (Å²) >= 11 is 0. The molecule has 0 bridgehead atoms. The Hall–Kier alpha value is -0.120. The highest BCUT2D eigenvalue weighted by Gasteiger charge is 2.27. The molecular formula is C15H32O3. The molecule has 18 heavy (non-hydrogen) atoms. The fourth-order valence-electron chi connectivity index (χ4n) is 1.69. The van der Waals surface area contributed by atoms with Crippen LogP contribution in [0.4, 0.5) is 0 Å². The Morgan fingerprint density at radius 1 is 1.00 bits per heavy atom. The minimum atomic E-state index is -0.563. The number of rotatable bonds is 12. The second-order valence-electron chi connectivity index (χ2n) is 5.52. The average molecular weight is 260 g/mol. The van der Waals surface area contributed by atoms with Crippen LogP contribution in [0.15, 0.2) is 0 Å². The van der Waals surface area contributed by atoms with E-state index in [1.54, 1.807) is 7.11 Å². The van der Waals surface area contributed by atoms with Crippen LogP contribution in [0.3, 0.4) is 0 Å². The summed E-state index contributed by atoms with van der Waals surface area (Å²) in [6, 6.07) is 0. The average Bonchev–Trinajstić information content (AvgIpc) is 2.36. The zero-order valence-electron chi connectivity index (χ0n) is 12.7. The molecule has 3 heteroatoms. The Morgan fingerprint density at radius 2 is 1.56 bits per heavy atom. The van der Waals surface area contributed by atoms with Gasteiger partial charge >= 0.3 is 0 Å². The predicted molar refractivity (Wildman–Crippen MR) is 75.9 cm³/mol. The van der Waals surface area contributed by atoms with E-state index in [0.717, 1.165) is 13.0 Å². The van der Waals surface area contributed by atoms with Crippen LogP contribution in [-0.2, 0) is 9.47 Å². The molecule has 0 aliphatic rings. The molecule has 0 aromatic rings. The van der Waals surface area contributed by atoms with E-state index in [1.807, 2.05) is 13.8 Å². The van der Waals surface area contributed by atoms with Crippen LogP contribution in [0.1, 0.15) is 65.7 Å². The highest BCUT2D eigenvalue weighted by molar-refractivity contribution is 4.77. The normalized spacial score (nSPS) is 13.8. The summed E-state index contributed by atoms with van der Waals surface area (Å²) in [6.07, 6.45) is 8.41. The Morgan fingerprint density at radius 3 is 2.11 bits per heavy atom. The molecule has 0 spiro atoms. The summed E-state index contributed by atoms with van der Waals surface area (Å²) in [5.41, 5.74) is -0.528. The van der Waals surface area contributed by atoms with E-state index >= 15 is 0 Å². The van der Waals surface area contributed by atoms with Gasteiger partial charge in [0.25, 0.3) is 0 Å². The van der Waals surface area contributed by atoms with Crippen LogP contribution >= 0.6 is 0 Å². The maximum Gasteiger partial charge on any atom is 0.106 e. The second kappa shape index (κ2) is 10.8. The Bertz CT molecular complexity index is 181. The van der Waals surface area contributed by atoms with E-state index in [0.29, 0.717) is 6.61 Å². The van der Waals surface area contributed by atoms with Crippen LogP contribution < -0.4 is 0 Å². The Balaban J connectivity index is 3.30. The van der Waals surface area contributed by atoms with E-state index in [1.165, 1.54) is 38.5 Å². The van der Waals surface area contributed by atoms with E-state index < -0.39 is 11.7 Å². The van der Waals surface area contributed by atoms with E-state index in [9.17, 15) is 5.11 Å². The summed E-state index contributed by atoms with van der Waals surface area (Å²) in [4.78, 5) is 0. The van der Waals surface area contributed by atoms with E-state index in [2.05, 4.69) is 6.92 Å². The van der Waals surface area contributed by atoms with Crippen LogP contribution in [0.2, 0.25) is 0 Å². The molecule has 0 aromatic heterocycles. The molecule has 1 unspecified atom stereocenters. The number of aliphatic hydroxyl groups excluding tert-OH is 1. The van der Waals surface area contributed by atoms with Crippen molar-refractivity contribution in [2.24, 2.45) is 0 Å². The number of methoxy groups -OCH3 is 1. The molecule has 0 fully saturated rings. The number of aliphatic hydroxyl groups is 1. The van der Waals surface area contributed by atoms with Gasteiger partial charge in [0.1, 0.15) is 6.10 Å². The monoisotopic (exact) mass is 260 g/mol. The molecule has 0 saturated carbocycles. The zero-order chi connectivity index (χ0) is 13.9. The van der Waals surface area contributed by atoms with Crippen LogP contribution in [-0.4, -0.2) is 37.1 Å². The van der Waals surface area contributed by atoms with Gasteiger partial charge in [-0.2, -0.15) is 0 Å². The first-order valence-corrected chi connectivity index (χ1v) is 7.35. The highest BCUT2D eigenvalue weighted by atomic mass is 16.5. The SMILES string of the molecule is CCCCCCCCCOCC(O)C(C)(C)OC. The van der Waals surface area contributed by atoms with Crippen molar-refractivity contribution in [1.82, 2.24) is 0 Å². The van der Waals surface area contributed by atoms with Gasteiger partial charge in [0.2, 0.25) is 0 Å². The quantitative estimate of drug-likeness (QED) is 0.545. The third-order valence-corrected chi connectivity index (χ3v) is 3.50. The van der Waals surface area contributed by atoms with E-state index in [4.69, 9.17) is 9.47 Å². The molecule has 0 radical (unpaired) electrons. The minimum absolute atomic E-state index is 0.358. The first kappa shape index (κ1) is 17.9. The number of hydrogen-bond acceptors (Lipinski definition) is 3. The van der Waals surface area contributed by atoms with Crippen molar-refractivity contribution in [1.29, 1.82) is 0 Å². The van der Waals surface area contributed by atoms with Crippen molar-refractivity contribution in [3.8, 4) is 0 Å². The van der Waals surface area contributed by atoms with Crippen molar-refractivity contribution >= 4 is 0 Å². The summed E-state index contributed by atoms with van der Waals surface area (Å²) in [5.74, 6) is 0. The second-order valence-corrected chi connectivity index (χ2v) is 5.52. The minimum Gasteiger partial charge on any atom is -0.388 e. The lowest BCUT2D eigenvalue weighted by Crippen LogP contribution is -2.41. The third-order valence-electron chi connectivity index (χ3n) is 3.50.